The number of hydrogen-bond acceptors (Lipinski definition) is 6. The first-order valence-electron chi connectivity index (χ1n) is 5.79. The van der Waals surface area contributed by atoms with Crippen LogP contribution in [0.15, 0.2) is 42.5 Å². The molecule has 0 heterocycles. The van der Waals surface area contributed by atoms with E-state index < -0.39 is 38.8 Å². The van der Waals surface area contributed by atoms with Crippen molar-refractivity contribution >= 4 is 17.3 Å². The highest BCUT2D eigenvalue weighted by molar-refractivity contribution is 5.91. The van der Waals surface area contributed by atoms with E-state index >= 15 is 0 Å². The molecule has 0 bridgehead atoms. The highest BCUT2D eigenvalue weighted by Gasteiger charge is 2.23. The third-order valence-electron chi connectivity index (χ3n) is 2.61. The van der Waals surface area contributed by atoms with Gasteiger partial charge in [0.15, 0.2) is 0 Å². The molecule has 0 saturated carbocycles. The quantitative estimate of drug-likeness (QED) is 0.371. The van der Waals surface area contributed by atoms with Crippen molar-refractivity contribution in [3.63, 3.8) is 0 Å². The summed E-state index contributed by atoms with van der Waals surface area (Å²) < 4.78 is 17.8. The highest BCUT2D eigenvalue weighted by Crippen LogP contribution is 2.31. The molecule has 0 N–H and O–H groups in total. The van der Waals surface area contributed by atoms with Gasteiger partial charge in [-0.1, -0.05) is 6.07 Å². The Hall–Kier alpha value is -3.36. The van der Waals surface area contributed by atoms with Crippen molar-refractivity contribution in [2.24, 2.45) is 0 Å². The molecule has 0 aromatic heterocycles. The summed E-state index contributed by atoms with van der Waals surface area (Å²) in [7, 11) is 0. The number of ether oxygens (including phenoxy) is 1. The zero-order valence-corrected chi connectivity index (χ0v) is 10.8. The number of esters is 1. The van der Waals surface area contributed by atoms with Crippen LogP contribution in [0.3, 0.4) is 0 Å². The predicted octanol–water partition coefficient (Wildman–Crippen LogP) is 2.86. The number of nitrogens with zero attached hydrogens (tertiary/aromatic N) is 2. The maximum Gasteiger partial charge on any atom is 0.343 e. The van der Waals surface area contributed by atoms with E-state index in [0.717, 1.165) is 24.3 Å². The first-order chi connectivity index (χ1) is 10.4. The number of carbonyl (C=O) groups is 1. The second-order valence-electron chi connectivity index (χ2n) is 4.07. The van der Waals surface area contributed by atoms with Crippen molar-refractivity contribution in [2.45, 2.75) is 0 Å². The third kappa shape index (κ3) is 3.20. The molecule has 2 rings (SSSR count). The molecule has 22 heavy (non-hydrogen) atoms. The van der Waals surface area contributed by atoms with Gasteiger partial charge in [-0.3, -0.25) is 20.2 Å². The second-order valence-corrected chi connectivity index (χ2v) is 4.07. The van der Waals surface area contributed by atoms with Crippen LogP contribution in [0.4, 0.5) is 15.8 Å². The van der Waals surface area contributed by atoms with Gasteiger partial charge in [0.05, 0.1) is 21.5 Å². The Morgan fingerprint density at radius 1 is 1.05 bits per heavy atom. The average molecular weight is 306 g/mol. The molecule has 112 valence electrons. The summed E-state index contributed by atoms with van der Waals surface area (Å²) in [6, 6.07) is 7.13. The molecule has 0 fully saturated rings. The molecule has 0 atom stereocenters. The largest absolute Gasteiger partial charge is 0.416 e. The minimum absolute atomic E-state index is 0.146. The molecule has 0 saturated heterocycles. The van der Waals surface area contributed by atoms with Crippen molar-refractivity contribution in [3.8, 4) is 5.75 Å². The van der Waals surface area contributed by atoms with Gasteiger partial charge in [-0.2, -0.15) is 0 Å². The van der Waals surface area contributed by atoms with Crippen molar-refractivity contribution in [2.75, 3.05) is 0 Å². The zero-order valence-electron chi connectivity index (χ0n) is 10.8. The van der Waals surface area contributed by atoms with Crippen LogP contribution in [-0.4, -0.2) is 15.8 Å². The summed E-state index contributed by atoms with van der Waals surface area (Å²) in [5.74, 6) is -2.16. The first-order valence-corrected chi connectivity index (χ1v) is 5.79. The van der Waals surface area contributed by atoms with Gasteiger partial charge in [-0.05, 0) is 24.3 Å². The van der Waals surface area contributed by atoms with Crippen LogP contribution in [0.1, 0.15) is 10.4 Å². The summed E-state index contributed by atoms with van der Waals surface area (Å²) in [5, 5.41) is 21.5. The molecule has 0 aliphatic rings. The molecule has 2 aromatic carbocycles. The number of nitro benzene ring substituents is 2. The van der Waals surface area contributed by atoms with Gasteiger partial charge >= 0.3 is 11.7 Å². The molecule has 0 unspecified atom stereocenters. The first kappa shape index (κ1) is 15.0. The Labute approximate surface area is 122 Å². The fourth-order valence-corrected chi connectivity index (χ4v) is 1.62. The minimum atomic E-state index is -1.02. The maximum atomic E-state index is 13.0. The van der Waals surface area contributed by atoms with Crippen LogP contribution in [0.25, 0.3) is 0 Å². The van der Waals surface area contributed by atoms with Crippen LogP contribution in [0.2, 0.25) is 0 Å². The highest BCUT2D eigenvalue weighted by atomic mass is 19.1. The Kier molecular flexibility index (Phi) is 4.07. The van der Waals surface area contributed by atoms with E-state index in [1.807, 2.05) is 0 Å². The third-order valence-corrected chi connectivity index (χ3v) is 2.61. The van der Waals surface area contributed by atoms with Gasteiger partial charge in [-0.25, -0.2) is 9.18 Å². The van der Waals surface area contributed by atoms with Gasteiger partial charge in [0, 0.05) is 6.07 Å². The van der Waals surface area contributed by atoms with Crippen molar-refractivity contribution in [1.82, 2.24) is 0 Å². The van der Waals surface area contributed by atoms with Gasteiger partial charge in [0.25, 0.3) is 5.69 Å². The number of rotatable bonds is 4. The van der Waals surface area contributed by atoms with Crippen LogP contribution in [0, 0.1) is 26.0 Å². The molecule has 8 nitrogen and oxygen atoms in total. The summed E-state index contributed by atoms with van der Waals surface area (Å²) >= 11 is 0. The normalized spacial score (nSPS) is 10.0. The van der Waals surface area contributed by atoms with Crippen LogP contribution in [0.5, 0.6) is 5.75 Å². The lowest BCUT2D eigenvalue weighted by Crippen LogP contribution is -2.10. The van der Waals surface area contributed by atoms with E-state index in [1.165, 1.54) is 12.1 Å². The summed E-state index contributed by atoms with van der Waals surface area (Å²) in [5.41, 5.74) is -1.40. The van der Waals surface area contributed by atoms with Gasteiger partial charge in [-0.15, -0.1) is 0 Å². The molecule has 9 heteroatoms. The summed E-state index contributed by atoms with van der Waals surface area (Å²) in [6.45, 7) is 0. The fourth-order valence-electron chi connectivity index (χ4n) is 1.62. The van der Waals surface area contributed by atoms with Crippen LogP contribution in [-0.2, 0) is 0 Å². The standard InChI is InChI=1S/C13H7FN2O6/c14-9-3-1-2-8(6-9)13(17)22-12-5-4-10(15(18)19)7-11(12)16(20)21/h1-7H. The Morgan fingerprint density at radius 3 is 2.36 bits per heavy atom. The number of nitro groups is 2. The lowest BCUT2D eigenvalue weighted by molar-refractivity contribution is -0.394. The van der Waals surface area contributed by atoms with E-state index in [1.54, 1.807) is 0 Å². The Bertz CT molecular complexity index is 777. The smallest absolute Gasteiger partial charge is 0.343 e. The van der Waals surface area contributed by atoms with Crippen LogP contribution < -0.4 is 4.74 Å². The second kappa shape index (κ2) is 5.95. The maximum absolute atomic E-state index is 13.0. The molecule has 0 aliphatic carbocycles. The van der Waals surface area contributed by atoms with Crippen molar-refractivity contribution in [3.05, 3.63) is 74.1 Å². The fraction of sp³-hybridized carbons (Fsp3) is 0. The number of benzene rings is 2. The zero-order chi connectivity index (χ0) is 16.3. The topological polar surface area (TPSA) is 113 Å². The molecule has 2 aromatic rings. The van der Waals surface area contributed by atoms with E-state index in [9.17, 15) is 29.4 Å². The minimum Gasteiger partial charge on any atom is -0.416 e. The molecule has 0 amide bonds. The molecular weight excluding hydrogens is 299 g/mol. The number of non-ortho nitro benzene ring substituents is 1. The van der Waals surface area contributed by atoms with E-state index in [-0.39, 0.29) is 5.56 Å². The number of carbonyl (C=O) groups excluding carboxylic acids is 1. The van der Waals surface area contributed by atoms with Gasteiger partial charge < -0.3 is 4.74 Å². The van der Waals surface area contributed by atoms with Gasteiger partial charge in [0.1, 0.15) is 5.82 Å². The summed E-state index contributed by atoms with van der Waals surface area (Å²) in [6.07, 6.45) is 0. The van der Waals surface area contributed by atoms with E-state index in [0.29, 0.717) is 6.07 Å². The van der Waals surface area contributed by atoms with Crippen molar-refractivity contribution in [1.29, 1.82) is 0 Å². The average Bonchev–Trinajstić information content (AvgIpc) is 2.47. The predicted molar refractivity (Wildman–Crippen MR) is 71.1 cm³/mol. The van der Waals surface area contributed by atoms with E-state index in [4.69, 9.17) is 4.74 Å². The molecular formula is C13H7FN2O6. The summed E-state index contributed by atoms with van der Waals surface area (Å²) in [4.78, 5) is 31.6. The number of hydrogen-bond donors (Lipinski definition) is 0. The SMILES string of the molecule is O=C(Oc1ccc([N+](=O)[O-])cc1[N+](=O)[O-])c1cccc(F)c1. The molecule has 0 aliphatic heterocycles. The molecule has 0 radical (unpaired) electrons. The lowest BCUT2D eigenvalue weighted by Gasteiger charge is -2.05. The lowest BCUT2D eigenvalue weighted by atomic mass is 10.2. The Balaban J connectivity index is 2.34. The number of halogens is 1. The van der Waals surface area contributed by atoms with E-state index in [2.05, 4.69) is 0 Å². The Morgan fingerprint density at radius 2 is 1.77 bits per heavy atom. The molecule has 0 spiro atoms. The van der Waals surface area contributed by atoms with Gasteiger partial charge in [0.2, 0.25) is 5.75 Å². The monoisotopic (exact) mass is 306 g/mol. The van der Waals surface area contributed by atoms with Crippen molar-refractivity contribution < 1.29 is 23.8 Å². The van der Waals surface area contributed by atoms with Crippen LogP contribution >= 0.6 is 0 Å².